The fourth-order valence-electron chi connectivity index (χ4n) is 2.10. The first kappa shape index (κ1) is 17.4. The Balaban J connectivity index is 1.73. The molecule has 0 saturated carbocycles. The van der Waals surface area contributed by atoms with Crippen LogP contribution in [-0.4, -0.2) is 11.2 Å². The number of halogens is 4. The van der Waals surface area contributed by atoms with Crippen LogP contribution in [0.1, 0.15) is 11.1 Å². The minimum absolute atomic E-state index is 0.0167. The Morgan fingerprint density at radius 2 is 1.80 bits per heavy atom. The first-order valence-electron chi connectivity index (χ1n) is 7.10. The predicted octanol–water partition coefficient (Wildman–Crippen LogP) is 5.93. The summed E-state index contributed by atoms with van der Waals surface area (Å²) in [4.78, 5) is 4.34. The van der Waals surface area contributed by atoms with Crippen molar-refractivity contribution in [2.45, 2.75) is 6.18 Å². The molecule has 0 aliphatic rings. The van der Waals surface area contributed by atoms with Crippen molar-refractivity contribution in [1.82, 2.24) is 4.98 Å². The molecule has 0 bridgehead atoms. The molecule has 0 aliphatic carbocycles. The van der Waals surface area contributed by atoms with Crippen LogP contribution < -0.4 is 5.43 Å². The molecule has 25 heavy (non-hydrogen) atoms. The topological polar surface area (TPSA) is 37.3 Å². The quantitative estimate of drug-likeness (QED) is 0.449. The molecule has 0 saturated heterocycles. The van der Waals surface area contributed by atoms with Crippen LogP contribution in [0.4, 0.5) is 18.3 Å². The van der Waals surface area contributed by atoms with Gasteiger partial charge in [0.1, 0.15) is 0 Å². The van der Waals surface area contributed by atoms with Crippen LogP contribution in [-0.2, 0) is 6.18 Å². The van der Waals surface area contributed by atoms with Gasteiger partial charge in [-0.1, -0.05) is 41.9 Å². The van der Waals surface area contributed by atoms with Crippen molar-refractivity contribution >= 4 is 34.3 Å². The van der Waals surface area contributed by atoms with Crippen LogP contribution in [0.15, 0.2) is 59.0 Å². The van der Waals surface area contributed by atoms with E-state index in [-0.39, 0.29) is 5.56 Å². The first-order chi connectivity index (χ1) is 11.9. The molecule has 0 fully saturated rings. The summed E-state index contributed by atoms with van der Waals surface area (Å²) in [6, 6.07) is 12.4. The molecule has 3 aromatic rings. The highest BCUT2D eigenvalue weighted by atomic mass is 35.5. The van der Waals surface area contributed by atoms with Gasteiger partial charge in [-0.25, -0.2) is 4.98 Å². The Morgan fingerprint density at radius 3 is 2.52 bits per heavy atom. The number of nitrogens with one attached hydrogen (secondary N) is 1. The van der Waals surface area contributed by atoms with Gasteiger partial charge < -0.3 is 0 Å². The van der Waals surface area contributed by atoms with Gasteiger partial charge in [-0.05, 0) is 18.2 Å². The minimum atomic E-state index is -4.43. The second-order valence-electron chi connectivity index (χ2n) is 5.00. The molecule has 0 amide bonds. The van der Waals surface area contributed by atoms with Gasteiger partial charge in [-0.3, -0.25) is 5.43 Å². The summed E-state index contributed by atoms with van der Waals surface area (Å²) in [5.41, 5.74) is 3.53. The van der Waals surface area contributed by atoms with E-state index in [4.69, 9.17) is 11.6 Å². The number of aromatic nitrogens is 1. The van der Waals surface area contributed by atoms with Gasteiger partial charge in [0.05, 0.1) is 17.5 Å². The van der Waals surface area contributed by atoms with E-state index in [1.165, 1.54) is 29.5 Å². The normalized spacial score (nSPS) is 11.8. The van der Waals surface area contributed by atoms with Crippen LogP contribution in [0.25, 0.3) is 11.3 Å². The first-order valence-corrected chi connectivity index (χ1v) is 8.36. The smallest absolute Gasteiger partial charge is 0.253 e. The zero-order valence-electron chi connectivity index (χ0n) is 12.6. The Kier molecular flexibility index (Phi) is 5.06. The molecule has 0 atom stereocenters. The number of thiazole rings is 1. The summed E-state index contributed by atoms with van der Waals surface area (Å²) in [6.07, 6.45) is -3.29. The second-order valence-corrected chi connectivity index (χ2v) is 6.29. The molecule has 128 valence electrons. The van der Waals surface area contributed by atoms with E-state index in [9.17, 15) is 13.2 Å². The van der Waals surface area contributed by atoms with Gasteiger partial charge in [-0.15, -0.1) is 11.3 Å². The molecule has 3 nitrogen and oxygen atoms in total. The maximum absolute atomic E-state index is 12.9. The number of anilines is 1. The van der Waals surface area contributed by atoms with Gasteiger partial charge in [0, 0.05) is 21.5 Å². The molecule has 0 spiro atoms. The van der Waals surface area contributed by atoms with E-state index in [1.807, 2.05) is 17.5 Å². The van der Waals surface area contributed by atoms with Crippen molar-refractivity contribution < 1.29 is 13.2 Å². The lowest BCUT2D eigenvalue weighted by Crippen LogP contribution is -2.08. The van der Waals surface area contributed by atoms with Crippen molar-refractivity contribution in [3.05, 3.63) is 70.1 Å². The third kappa shape index (κ3) is 4.37. The molecule has 8 heteroatoms. The average molecular weight is 382 g/mol. The molecule has 1 aromatic heterocycles. The van der Waals surface area contributed by atoms with Crippen LogP contribution >= 0.6 is 22.9 Å². The number of hydrogen-bond acceptors (Lipinski definition) is 4. The van der Waals surface area contributed by atoms with E-state index in [2.05, 4.69) is 15.5 Å². The molecule has 0 radical (unpaired) electrons. The summed E-state index contributed by atoms with van der Waals surface area (Å²) in [5.74, 6) is 0. The Bertz CT molecular complexity index is 889. The van der Waals surface area contributed by atoms with E-state index in [0.29, 0.717) is 10.2 Å². The monoisotopic (exact) mass is 381 g/mol. The summed E-state index contributed by atoms with van der Waals surface area (Å²) in [6.45, 7) is 0. The van der Waals surface area contributed by atoms with Crippen LogP contribution in [0.3, 0.4) is 0 Å². The van der Waals surface area contributed by atoms with E-state index in [0.717, 1.165) is 23.5 Å². The average Bonchev–Trinajstić information content (AvgIpc) is 3.04. The van der Waals surface area contributed by atoms with Crippen molar-refractivity contribution in [1.29, 1.82) is 0 Å². The lowest BCUT2D eigenvalue weighted by atomic mass is 10.1. The summed E-state index contributed by atoms with van der Waals surface area (Å²) < 4.78 is 38.7. The zero-order chi connectivity index (χ0) is 17.9. The predicted molar refractivity (Wildman–Crippen MR) is 95.2 cm³/mol. The van der Waals surface area contributed by atoms with E-state index in [1.54, 1.807) is 12.1 Å². The maximum Gasteiger partial charge on any atom is 0.417 e. The Morgan fingerprint density at radius 1 is 1.08 bits per heavy atom. The number of hydrogen-bond donors (Lipinski definition) is 1. The Hall–Kier alpha value is -2.38. The van der Waals surface area contributed by atoms with Crippen molar-refractivity contribution in [2.75, 3.05) is 5.43 Å². The number of alkyl halides is 3. The van der Waals surface area contributed by atoms with Gasteiger partial charge in [0.2, 0.25) is 5.13 Å². The SMILES string of the molecule is FC(F)(F)c1ccccc1/C=N\Nc1nc(-c2ccc(Cl)cc2)cs1. The summed E-state index contributed by atoms with van der Waals surface area (Å²) >= 11 is 7.15. The van der Waals surface area contributed by atoms with Crippen molar-refractivity contribution in [3.63, 3.8) is 0 Å². The number of rotatable bonds is 4. The molecular weight excluding hydrogens is 371 g/mol. The minimum Gasteiger partial charge on any atom is -0.253 e. The van der Waals surface area contributed by atoms with Crippen molar-refractivity contribution in [3.8, 4) is 11.3 Å². The largest absolute Gasteiger partial charge is 0.417 e. The molecule has 1 N–H and O–H groups in total. The van der Waals surface area contributed by atoms with Crippen molar-refractivity contribution in [2.24, 2.45) is 5.10 Å². The zero-order valence-corrected chi connectivity index (χ0v) is 14.2. The fourth-order valence-corrected chi connectivity index (χ4v) is 2.90. The number of nitrogens with zero attached hydrogens (tertiary/aromatic N) is 2. The summed E-state index contributed by atoms with van der Waals surface area (Å²) in [7, 11) is 0. The highest BCUT2D eigenvalue weighted by Gasteiger charge is 2.32. The highest BCUT2D eigenvalue weighted by Crippen LogP contribution is 2.31. The van der Waals surface area contributed by atoms with E-state index >= 15 is 0 Å². The van der Waals surface area contributed by atoms with Gasteiger partial charge in [0.15, 0.2) is 0 Å². The van der Waals surface area contributed by atoms with Crippen LogP contribution in [0.5, 0.6) is 0 Å². The highest BCUT2D eigenvalue weighted by molar-refractivity contribution is 7.14. The molecule has 0 unspecified atom stereocenters. The second kappa shape index (κ2) is 7.25. The van der Waals surface area contributed by atoms with Gasteiger partial charge in [0.25, 0.3) is 0 Å². The number of benzene rings is 2. The third-order valence-corrected chi connectivity index (χ3v) is 4.27. The standard InChI is InChI=1S/C17H11ClF3N3S/c18-13-7-5-11(6-8-13)15-10-25-16(23-15)24-22-9-12-3-1-2-4-14(12)17(19,20)21/h1-10H,(H,23,24)/b22-9-. The lowest BCUT2D eigenvalue weighted by Gasteiger charge is -2.08. The van der Waals surface area contributed by atoms with Crippen LogP contribution in [0, 0.1) is 0 Å². The maximum atomic E-state index is 12.9. The van der Waals surface area contributed by atoms with E-state index < -0.39 is 11.7 Å². The third-order valence-electron chi connectivity index (χ3n) is 3.27. The Labute approximate surface area is 150 Å². The molecule has 3 rings (SSSR count). The lowest BCUT2D eigenvalue weighted by molar-refractivity contribution is -0.137. The van der Waals surface area contributed by atoms with Crippen LogP contribution in [0.2, 0.25) is 5.02 Å². The molecular formula is C17H11ClF3N3S. The van der Waals surface area contributed by atoms with Gasteiger partial charge >= 0.3 is 6.18 Å². The van der Waals surface area contributed by atoms with Gasteiger partial charge in [-0.2, -0.15) is 18.3 Å². The molecule has 1 heterocycles. The summed E-state index contributed by atoms with van der Waals surface area (Å²) in [5, 5.41) is 6.79. The molecule has 2 aromatic carbocycles. The fraction of sp³-hybridized carbons (Fsp3) is 0.0588. The number of hydrazone groups is 1. The molecule has 0 aliphatic heterocycles.